The molecule has 4 aromatic carbocycles. The van der Waals surface area contributed by atoms with Gasteiger partial charge in [-0.05, 0) is 79.5 Å². The summed E-state index contributed by atoms with van der Waals surface area (Å²) in [4.78, 5) is 7.09. The highest BCUT2D eigenvalue weighted by atomic mass is 32.2. The second-order valence-electron chi connectivity index (χ2n) is 10.6. The van der Waals surface area contributed by atoms with Crippen molar-refractivity contribution in [1.82, 2.24) is 24.8 Å². The van der Waals surface area contributed by atoms with E-state index in [1.807, 2.05) is 66.7 Å². The van der Waals surface area contributed by atoms with Crippen molar-refractivity contribution < 1.29 is 17.9 Å². The number of aromatic nitrogens is 3. The van der Waals surface area contributed by atoms with Crippen LogP contribution in [0.25, 0.3) is 22.2 Å². The Kier molecular flexibility index (Phi) is 8.96. The quantitative estimate of drug-likeness (QED) is 0.192. The Balaban J connectivity index is 1.14. The largest absolute Gasteiger partial charge is 0.496 e. The van der Waals surface area contributed by atoms with Gasteiger partial charge >= 0.3 is 0 Å². The SMILES string of the molecule is COc1cc2nc(Nc3ccc(S(=O)(=O)NCCN4CCCC4)cc3)nnc2cc1-c1cccc(OCc2ccccc2)c1. The summed E-state index contributed by atoms with van der Waals surface area (Å²) in [5, 5.41) is 11.7. The molecule has 0 spiro atoms. The Hall–Kier alpha value is -4.58. The Morgan fingerprint density at radius 2 is 1.66 bits per heavy atom. The fourth-order valence-electron chi connectivity index (χ4n) is 5.18. The average molecular weight is 611 g/mol. The molecule has 2 heterocycles. The van der Waals surface area contributed by atoms with Gasteiger partial charge in [-0.1, -0.05) is 42.5 Å². The predicted molar refractivity (Wildman–Crippen MR) is 171 cm³/mol. The molecule has 1 fully saturated rings. The van der Waals surface area contributed by atoms with E-state index in [4.69, 9.17) is 9.47 Å². The van der Waals surface area contributed by atoms with Gasteiger partial charge in [-0.15, -0.1) is 10.2 Å². The number of sulfonamides is 1. The molecule has 5 aromatic rings. The maximum atomic E-state index is 12.7. The van der Waals surface area contributed by atoms with E-state index in [9.17, 15) is 8.42 Å². The van der Waals surface area contributed by atoms with Crippen molar-refractivity contribution >= 4 is 32.7 Å². The zero-order chi connectivity index (χ0) is 30.4. The van der Waals surface area contributed by atoms with Gasteiger partial charge in [-0.2, -0.15) is 0 Å². The van der Waals surface area contributed by atoms with Gasteiger partial charge in [-0.25, -0.2) is 18.1 Å². The molecule has 2 N–H and O–H groups in total. The molecule has 1 aromatic heterocycles. The summed E-state index contributed by atoms with van der Waals surface area (Å²) < 4.78 is 39.9. The highest BCUT2D eigenvalue weighted by Gasteiger charge is 2.17. The van der Waals surface area contributed by atoms with Gasteiger partial charge in [0.05, 0.1) is 17.5 Å². The molecule has 0 radical (unpaired) electrons. The summed E-state index contributed by atoms with van der Waals surface area (Å²) in [6.07, 6.45) is 2.35. The summed E-state index contributed by atoms with van der Waals surface area (Å²) in [6, 6.07) is 28.0. The molecule has 6 rings (SSSR count). The van der Waals surface area contributed by atoms with Crippen molar-refractivity contribution in [2.45, 2.75) is 24.3 Å². The molecule has 10 nitrogen and oxygen atoms in total. The third kappa shape index (κ3) is 7.13. The second-order valence-corrected chi connectivity index (χ2v) is 12.3. The minimum Gasteiger partial charge on any atom is -0.496 e. The lowest BCUT2D eigenvalue weighted by Crippen LogP contribution is -2.33. The van der Waals surface area contributed by atoms with Crippen LogP contribution in [0.2, 0.25) is 0 Å². The number of ether oxygens (including phenoxy) is 2. The molecule has 0 aliphatic carbocycles. The van der Waals surface area contributed by atoms with Gasteiger partial charge in [0.15, 0.2) is 0 Å². The van der Waals surface area contributed by atoms with Crippen molar-refractivity contribution in [3.8, 4) is 22.6 Å². The van der Waals surface area contributed by atoms with Crippen molar-refractivity contribution in [1.29, 1.82) is 0 Å². The Morgan fingerprint density at radius 3 is 2.43 bits per heavy atom. The van der Waals surface area contributed by atoms with Crippen LogP contribution < -0.4 is 19.5 Å². The topological polar surface area (TPSA) is 119 Å². The zero-order valence-corrected chi connectivity index (χ0v) is 25.3. The van der Waals surface area contributed by atoms with Crippen molar-refractivity contribution in [3.63, 3.8) is 0 Å². The van der Waals surface area contributed by atoms with E-state index in [-0.39, 0.29) is 10.8 Å². The van der Waals surface area contributed by atoms with Crippen LogP contribution in [0, 0.1) is 0 Å². The minimum absolute atomic E-state index is 0.203. The summed E-state index contributed by atoms with van der Waals surface area (Å²) in [6.45, 7) is 3.63. The first-order chi connectivity index (χ1) is 21.5. The number of nitrogens with zero attached hydrogens (tertiary/aromatic N) is 4. The lowest BCUT2D eigenvalue weighted by Gasteiger charge is -2.15. The van der Waals surface area contributed by atoms with Gasteiger partial charge < -0.3 is 19.7 Å². The number of fused-ring (bicyclic) bond motifs is 1. The fraction of sp³-hybridized carbons (Fsp3) is 0.242. The monoisotopic (exact) mass is 610 g/mol. The molecule has 0 unspecified atom stereocenters. The first-order valence-electron chi connectivity index (χ1n) is 14.6. The number of likely N-dealkylation sites (tertiary alicyclic amines) is 1. The average Bonchev–Trinajstić information content (AvgIpc) is 3.57. The lowest BCUT2D eigenvalue weighted by molar-refractivity contribution is 0.306. The Bertz CT molecular complexity index is 1830. The van der Waals surface area contributed by atoms with Crippen molar-refractivity contribution in [2.24, 2.45) is 0 Å². The normalized spacial score (nSPS) is 13.7. The van der Waals surface area contributed by atoms with E-state index >= 15 is 0 Å². The number of nitrogens with one attached hydrogen (secondary N) is 2. The zero-order valence-electron chi connectivity index (χ0n) is 24.4. The molecule has 226 valence electrons. The van der Waals surface area contributed by atoms with Gasteiger partial charge in [0.2, 0.25) is 16.0 Å². The van der Waals surface area contributed by atoms with Crippen molar-refractivity contribution in [3.05, 3.63) is 96.6 Å². The summed E-state index contributed by atoms with van der Waals surface area (Å²) in [5.41, 5.74) is 4.68. The maximum absolute atomic E-state index is 12.7. The minimum atomic E-state index is -3.59. The number of hydrogen-bond donors (Lipinski definition) is 2. The highest BCUT2D eigenvalue weighted by Crippen LogP contribution is 2.35. The van der Waals surface area contributed by atoms with E-state index in [0.29, 0.717) is 42.2 Å². The molecule has 1 aliphatic rings. The number of methoxy groups -OCH3 is 1. The number of hydrogen-bond acceptors (Lipinski definition) is 9. The first-order valence-corrected chi connectivity index (χ1v) is 16.0. The lowest BCUT2D eigenvalue weighted by atomic mass is 10.0. The summed E-state index contributed by atoms with van der Waals surface area (Å²) >= 11 is 0. The Labute approximate surface area is 257 Å². The van der Waals surface area contributed by atoms with Crippen LogP contribution in [-0.2, 0) is 16.6 Å². The Morgan fingerprint density at radius 1 is 0.864 bits per heavy atom. The van der Waals surface area contributed by atoms with Crippen LogP contribution in [0.4, 0.5) is 11.6 Å². The summed E-state index contributed by atoms with van der Waals surface area (Å²) in [7, 11) is -1.98. The molecular weight excluding hydrogens is 576 g/mol. The van der Waals surface area contributed by atoms with Crippen LogP contribution in [0.1, 0.15) is 18.4 Å². The molecule has 1 saturated heterocycles. The van der Waals surface area contributed by atoms with E-state index < -0.39 is 10.0 Å². The molecule has 0 saturated carbocycles. The van der Waals surface area contributed by atoms with Gasteiger partial charge in [0, 0.05) is 30.4 Å². The molecule has 0 bridgehead atoms. The number of rotatable bonds is 12. The van der Waals surface area contributed by atoms with Crippen LogP contribution in [0.15, 0.2) is 95.9 Å². The molecule has 1 aliphatic heterocycles. The van der Waals surface area contributed by atoms with Gasteiger partial charge in [-0.3, -0.25) is 0 Å². The van der Waals surface area contributed by atoms with Crippen LogP contribution in [0.5, 0.6) is 11.5 Å². The third-order valence-electron chi connectivity index (χ3n) is 7.51. The van der Waals surface area contributed by atoms with Crippen LogP contribution in [0.3, 0.4) is 0 Å². The van der Waals surface area contributed by atoms with Crippen molar-refractivity contribution in [2.75, 3.05) is 38.6 Å². The number of benzene rings is 4. The fourth-order valence-corrected chi connectivity index (χ4v) is 6.20. The van der Waals surface area contributed by atoms with Crippen LogP contribution >= 0.6 is 0 Å². The van der Waals surface area contributed by atoms with E-state index in [1.54, 1.807) is 31.4 Å². The molecule has 0 atom stereocenters. The molecule has 0 amide bonds. The van der Waals surface area contributed by atoms with Crippen LogP contribution in [-0.4, -0.2) is 61.8 Å². The third-order valence-corrected chi connectivity index (χ3v) is 8.99. The van der Waals surface area contributed by atoms with E-state index in [2.05, 4.69) is 30.1 Å². The van der Waals surface area contributed by atoms with E-state index in [0.717, 1.165) is 35.5 Å². The number of anilines is 2. The summed E-state index contributed by atoms with van der Waals surface area (Å²) in [5.74, 6) is 1.66. The highest BCUT2D eigenvalue weighted by molar-refractivity contribution is 7.89. The first kappa shape index (κ1) is 29.5. The van der Waals surface area contributed by atoms with Gasteiger partial charge in [0.25, 0.3) is 0 Å². The van der Waals surface area contributed by atoms with E-state index in [1.165, 1.54) is 12.8 Å². The smallest absolute Gasteiger partial charge is 0.247 e. The molecular formula is C33H34N6O4S. The predicted octanol–water partition coefficient (Wildman–Crippen LogP) is 5.40. The standard InChI is InChI=1S/C33H34N6O4S/c1-42-32-22-30-31(21-29(32)25-10-7-11-27(20-25)43-23-24-8-3-2-4-9-24)37-38-33(36-30)35-26-12-14-28(15-13-26)44(40,41)34-16-19-39-17-5-6-18-39/h2-4,7-15,20-22,34H,5-6,16-19,23H2,1H3,(H,35,36,38). The van der Waals surface area contributed by atoms with Gasteiger partial charge in [0.1, 0.15) is 23.6 Å². The molecule has 44 heavy (non-hydrogen) atoms. The second kappa shape index (κ2) is 13.4. The maximum Gasteiger partial charge on any atom is 0.247 e. The molecule has 11 heteroatoms.